The number of aryl methyl sites for hydroxylation is 1. The quantitative estimate of drug-likeness (QED) is 0.652. The van der Waals surface area contributed by atoms with Gasteiger partial charge in [0.1, 0.15) is 5.82 Å². The summed E-state index contributed by atoms with van der Waals surface area (Å²) in [5, 5.41) is 1.22. The minimum absolute atomic E-state index is 0.140. The molecule has 0 unspecified atom stereocenters. The van der Waals surface area contributed by atoms with Gasteiger partial charge in [-0.05, 0) is 29.5 Å². The van der Waals surface area contributed by atoms with Gasteiger partial charge < -0.3 is 4.57 Å². The largest absolute Gasteiger partial charge is 0.343 e. The second-order valence-electron chi connectivity index (χ2n) is 4.74. The van der Waals surface area contributed by atoms with Gasteiger partial charge in [0, 0.05) is 11.8 Å². The molecular weight excluding hydrogens is 237 g/mol. The molecule has 1 aromatic heterocycles. The topological polar surface area (TPSA) is 4.93 Å². The number of nitrogens with zero attached hydrogens (tertiary/aromatic N) is 1. The van der Waals surface area contributed by atoms with Crippen LogP contribution in [-0.4, -0.2) is 4.57 Å². The number of halogens is 1. The van der Waals surface area contributed by atoms with Gasteiger partial charge in [-0.25, -0.2) is 4.39 Å². The number of para-hydroxylation sites is 1. The molecule has 96 valence electrons. The molecule has 0 spiro atoms. The van der Waals surface area contributed by atoms with Crippen molar-refractivity contribution in [2.45, 2.75) is 19.9 Å². The van der Waals surface area contributed by atoms with Crippen molar-refractivity contribution in [3.8, 4) is 0 Å². The number of benzene rings is 2. The maximum absolute atomic E-state index is 13.8. The standard InChI is InChI=1S/C17H16FN/c1-2-13-7-5-8-14-10-11-19(17(13)14)12-15-6-3-4-9-16(15)18/h3-11H,2,12H2,1H3. The number of hydrogen-bond acceptors (Lipinski definition) is 0. The Morgan fingerprint density at radius 1 is 0.947 bits per heavy atom. The molecule has 3 aromatic rings. The zero-order valence-electron chi connectivity index (χ0n) is 10.9. The number of hydrogen-bond donors (Lipinski definition) is 0. The molecule has 2 heteroatoms. The van der Waals surface area contributed by atoms with Gasteiger partial charge in [0.2, 0.25) is 0 Å². The average molecular weight is 253 g/mol. The SMILES string of the molecule is CCc1cccc2ccn(Cc3ccccc3F)c12. The van der Waals surface area contributed by atoms with Crippen LogP contribution in [-0.2, 0) is 13.0 Å². The van der Waals surface area contributed by atoms with E-state index in [1.54, 1.807) is 6.07 Å². The fraction of sp³-hybridized carbons (Fsp3) is 0.176. The van der Waals surface area contributed by atoms with Gasteiger partial charge >= 0.3 is 0 Å². The number of fused-ring (bicyclic) bond motifs is 1. The first kappa shape index (κ1) is 12.0. The summed E-state index contributed by atoms with van der Waals surface area (Å²) in [4.78, 5) is 0. The highest BCUT2D eigenvalue weighted by Crippen LogP contribution is 2.22. The van der Waals surface area contributed by atoms with E-state index in [1.165, 1.54) is 22.5 Å². The number of aromatic nitrogens is 1. The molecule has 0 atom stereocenters. The van der Waals surface area contributed by atoms with Crippen molar-refractivity contribution in [3.63, 3.8) is 0 Å². The smallest absolute Gasteiger partial charge is 0.128 e. The Bertz CT molecular complexity index is 712. The van der Waals surface area contributed by atoms with E-state index in [2.05, 4.69) is 35.8 Å². The Kier molecular flexibility index (Phi) is 3.08. The summed E-state index contributed by atoms with van der Waals surface area (Å²) in [6.07, 6.45) is 3.02. The molecule has 0 radical (unpaired) electrons. The summed E-state index contributed by atoms with van der Waals surface area (Å²) >= 11 is 0. The highest BCUT2D eigenvalue weighted by atomic mass is 19.1. The summed E-state index contributed by atoms with van der Waals surface area (Å²) in [6, 6.07) is 15.4. The molecule has 1 heterocycles. The van der Waals surface area contributed by atoms with Crippen molar-refractivity contribution in [3.05, 3.63) is 71.7 Å². The van der Waals surface area contributed by atoms with Crippen molar-refractivity contribution < 1.29 is 4.39 Å². The van der Waals surface area contributed by atoms with Gasteiger partial charge in [0.15, 0.2) is 0 Å². The van der Waals surface area contributed by atoms with E-state index in [4.69, 9.17) is 0 Å². The van der Waals surface area contributed by atoms with E-state index >= 15 is 0 Å². The van der Waals surface area contributed by atoms with Crippen molar-refractivity contribution >= 4 is 10.9 Å². The maximum Gasteiger partial charge on any atom is 0.128 e. The van der Waals surface area contributed by atoms with Crippen LogP contribution in [0.25, 0.3) is 10.9 Å². The molecule has 3 rings (SSSR count). The highest BCUT2D eigenvalue weighted by molar-refractivity contribution is 5.83. The predicted octanol–water partition coefficient (Wildman–Crippen LogP) is 4.39. The molecule has 1 nitrogen and oxygen atoms in total. The zero-order chi connectivity index (χ0) is 13.2. The minimum atomic E-state index is -0.140. The maximum atomic E-state index is 13.8. The van der Waals surface area contributed by atoms with Crippen LogP contribution in [0.15, 0.2) is 54.7 Å². The normalized spacial score (nSPS) is 11.1. The van der Waals surface area contributed by atoms with Crippen LogP contribution in [0.5, 0.6) is 0 Å². The van der Waals surface area contributed by atoms with Gasteiger partial charge in [0.25, 0.3) is 0 Å². The number of rotatable bonds is 3. The van der Waals surface area contributed by atoms with E-state index < -0.39 is 0 Å². The van der Waals surface area contributed by atoms with Gasteiger partial charge in [-0.1, -0.05) is 43.3 Å². The molecule has 0 saturated heterocycles. The monoisotopic (exact) mass is 253 g/mol. The first-order chi connectivity index (χ1) is 9.29. The van der Waals surface area contributed by atoms with Crippen LogP contribution < -0.4 is 0 Å². The van der Waals surface area contributed by atoms with Crippen molar-refractivity contribution in [1.29, 1.82) is 0 Å². The summed E-state index contributed by atoms with van der Waals surface area (Å²) in [7, 11) is 0. The lowest BCUT2D eigenvalue weighted by atomic mass is 10.1. The lowest BCUT2D eigenvalue weighted by Crippen LogP contribution is -2.01. The van der Waals surface area contributed by atoms with E-state index in [9.17, 15) is 4.39 Å². The Morgan fingerprint density at radius 3 is 2.53 bits per heavy atom. The lowest BCUT2D eigenvalue weighted by Gasteiger charge is -2.09. The first-order valence-electron chi connectivity index (χ1n) is 6.59. The molecule has 0 saturated carbocycles. The minimum Gasteiger partial charge on any atom is -0.343 e. The molecule has 0 N–H and O–H groups in total. The van der Waals surface area contributed by atoms with Crippen molar-refractivity contribution in [2.75, 3.05) is 0 Å². The molecule has 19 heavy (non-hydrogen) atoms. The third-order valence-corrected chi connectivity index (χ3v) is 3.55. The Labute approximate surface area is 112 Å². The molecule has 0 fully saturated rings. The van der Waals surface area contributed by atoms with Crippen LogP contribution in [0, 0.1) is 5.82 Å². The third kappa shape index (κ3) is 2.14. The summed E-state index contributed by atoms with van der Waals surface area (Å²) in [6.45, 7) is 2.72. The molecule has 0 aliphatic carbocycles. The molecule has 0 aliphatic heterocycles. The highest BCUT2D eigenvalue weighted by Gasteiger charge is 2.07. The molecular formula is C17H16FN. The van der Waals surface area contributed by atoms with E-state index in [0.29, 0.717) is 6.54 Å². The zero-order valence-corrected chi connectivity index (χ0v) is 10.9. The van der Waals surface area contributed by atoms with Gasteiger partial charge in [0.05, 0.1) is 12.1 Å². The van der Waals surface area contributed by atoms with Crippen LogP contribution in [0.1, 0.15) is 18.1 Å². The van der Waals surface area contributed by atoms with E-state index in [0.717, 1.165) is 12.0 Å². The van der Waals surface area contributed by atoms with Gasteiger partial charge in [-0.15, -0.1) is 0 Å². The van der Waals surface area contributed by atoms with Crippen LogP contribution >= 0.6 is 0 Å². The molecule has 0 bridgehead atoms. The lowest BCUT2D eigenvalue weighted by molar-refractivity contribution is 0.602. The first-order valence-corrected chi connectivity index (χ1v) is 6.59. The summed E-state index contributed by atoms with van der Waals surface area (Å²) in [5.74, 6) is -0.140. The second-order valence-corrected chi connectivity index (χ2v) is 4.74. The summed E-state index contributed by atoms with van der Waals surface area (Å²) in [5.41, 5.74) is 3.25. The van der Waals surface area contributed by atoms with Crippen LogP contribution in [0.2, 0.25) is 0 Å². The third-order valence-electron chi connectivity index (χ3n) is 3.55. The second kappa shape index (κ2) is 4.88. The Morgan fingerprint density at radius 2 is 1.74 bits per heavy atom. The molecule has 0 amide bonds. The van der Waals surface area contributed by atoms with Crippen molar-refractivity contribution in [2.24, 2.45) is 0 Å². The predicted molar refractivity (Wildman–Crippen MR) is 76.8 cm³/mol. The van der Waals surface area contributed by atoms with E-state index in [1.807, 2.05) is 18.3 Å². The summed E-state index contributed by atoms with van der Waals surface area (Å²) < 4.78 is 15.9. The van der Waals surface area contributed by atoms with E-state index in [-0.39, 0.29) is 5.82 Å². The fourth-order valence-electron chi connectivity index (χ4n) is 2.57. The van der Waals surface area contributed by atoms with Crippen LogP contribution in [0.3, 0.4) is 0 Å². The fourth-order valence-corrected chi connectivity index (χ4v) is 2.57. The Hall–Kier alpha value is -2.09. The van der Waals surface area contributed by atoms with Crippen LogP contribution in [0.4, 0.5) is 4.39 Å². The van der Waals surface area contributed by atoms with Gasteiger partial charge in [-0.2, -0.15) is 0 Å². The molecule has 2 aromatic carbocycles. The Balaban J connectivity index is 2.09. The molecule has 0 aliphatic rings. The average Bonchev–Trinajstić information content (AvgIpc) is 2.85. The van der Waals surface area contributed by atoms with Crippen molar-refractivity contribution in [1.82, 2.24) is 4.57 Å². The van der Waals surface area contributed by atoms with Gasteiger partial charge in [-0.3, -0.25) is 0 Å².